The Labute approximate surface area is 208 Å². The second kappa shape index (κ2) is 11.2. The first-order valence-corrected chi connectivity index (χ1v) is 13.1. The van der Waals surface area contributed by atoms with Gasteiger partial charge in [-0.3, -0.25) is 9.59 Å². The zero-order chi connectivity index (χ0) is 26.5. The van der Waals surface area contributed by atoms with E-state index >= 15 is 0 Å². The molecule has 2 aromatic carbocycles. The summed E-state index contributed by atoms with van der Waals surface area (Å²) in [5.74, 6) is 5.27. The first-order chi connectivity index (χ1) is 16.9. The Morgan fingerprint density at radius 3 is 2.00 bits per heavy atom. The van der Waals surface area contributed by atoms with Gasteiger partial charge in [-0.15, -0.1) is 0 Å². The number of aliphatic hydroxyl groups is 1. The first kappa shape index (κ1) is 27.3. The third-order valence-electron chi connectivity index (χ3n) is 5.87. The number of ketones is 1. The topological polar surface area (TPSA) is 110 Å². The van der Waals surface area contributed by atoms with Gasteiger partial charge >= 0.3 is 0 Å². The number of rotatable bonds is 7. The predicted molar refractivity (Wildman–Crippen MR) is 130 cm³/mol. The Kier molecular flexibility index (Phi) is 8.48. The summed E-state index contributed by atoms with van der Waals surface area (Å²) in [4.78, 5) is 24.2. The highest BCUT2D eigenvalue weighted by Gasteiger charge is 2.44. The molecule has 0 spiro atoms. The smallest absolute Gasteiger partial charge is 0.269 e. The highest BCUT2D eigenvalue weighted by atomic mass is 32.2. The van der Waals surface area contributed by atoms with Crippen LogP contribution in [-0.4, -0.2) is 60.9 Å². The van der Waals surface area contributed by atoms with Crippen molar-refractivity contribution >= 4 is 21.5 Å². The molecular formula is C26H27F2NO6S. The molecule has 0 bridgehead atoms. The molecule has 1 aliphatic heterocycles. The molecule has 1 heterocycles. The fourth-order valence-electron chi connectivity index (χ4n) is 3.64. The van der Waals surface area contributed by atoms with Gasteiger partial charge in [0, 0.05) is 16.7 Å². The number of Topliss-reactive ketones (excluding diaryl/α,β-unsaturated/α-hetero) is 1. The lowest BCUT2D eigenvalue weighted by atomic mass is 9.93. The van der Waals surface area contributed by atoms with E-state index in [0.29, 0.717) is 29.7 Å². The average Bonchev–Trinajstić information content (AvgIpc) is 2.83. The second-order valence-electron chi connectivity index (χ2n) is 8.86. The van der Waals surface area contributed by atoms with Crippen molar-refractivity contribution in [3.05, 3.63) is 65.2 Å². The molecule has 1 amide bonds. The number of amides is 1. The monoisotopic (exact) mass is 519 g/mol. The SMILES string of the molecule is CC(=O)[C@@H](NC(=O)c1ccc(C#Cc2ccc(OC3CCS(=O)(=O)CC3)cc2)cc1)[C@](C)(O)C(F)F. The van der Waals surface area contributed by atoms with Crippen molar-refractivity contribution in [1.82, 2.24) is 5.32 Å². The molecule has 192 valence electrons. The molecule has 0 radical (unpaired) electrons. The van der Waals surface area contributed by atoms with Gasteiger partial charge in [0.2, 0.25) is 0 Å². The van der Waals surface area contributed by atoms with Crippen molar-refractivity contribution in [2.24, 2.45) is 0 Å². The standard InChI is InChI=1S/C26H27F2NO6S/c1-17(30)23(26(2,32)25(27)28)29-24(31)20-9-5-18(6-10-20)3-4-19-7-11-21(12-8-19)35-22-13-15-36(33,34)16-14-22/h5-12,22-23,25,32H,13-16H2,1-2H3,(H,29,31)/t23-,26+/m1/s1. The van der Waals surface area contributed by atoms with E-state index in [1.54, 1.807) is 36.4 Å². The maximum atomic E-state index is 13.1. The summed E-state index contributed by atoms with van der Waals surface area (Å²) in [6.07, 6.45) is -2.41. The van der Waals surface area contributed by atoms with Crippen LogP contribution in [-0.2, 0) is 14.6 Å². The predicted octanol–water partition coefficient (Wildman–Crippen LogP) is 2.75. The van der Waals surface area contributed by atoms with Crippen LogP contribution in [0.15, 0.2) is 48.5 Å². The van der Waals surface area contributed by atoms with Gasteiger partial charge in [0.05, 0.1) is 11.5 Å². The van der Waals surface area contributed by atoms with Crippen LogP contribution < -0.4 is 10.1 Å². The molecule has 10 heteroatoms. The molecule has 2 N–H and O–H groups in total. The third-order valence-corrected chi connectivity index (χ3v) is 7.58. The van der Waals surface area contributed by atoms with Gasteiger partial charge < -0.3 is 15.2 Å². The lowest BCUT2D eigenvalue weighted by Crippen LogP contribution is -2.58. The zero-order valence-electron chi connectivity index (χ0n) is 19.8. The fourth-order valence-corrected chi connectivity index (χ4v) is 5.09. The average molecular weight is 520 g/mol. The van der Waals surface area contributed by atoms with Crippen LogP contribution in [0.25, 0.3) is 0 Å². The molecule has 1 aliphatic rings. The number of nitrogens with one attached hydrogen (secondary N) is 1. The number of benzene rings is 2. The van der Waals surface area contributed by atoms with E-state index in [4.69, 9.17) is 4.74 Å². The Morgan fingerprint density at radius 2 is 1.53 bits per heavy atom. The van der Waals surface area contributed by atoms with Crippen molar-refractivity contribution in [1.29, 1.82) is 0 Å². The van der Waals surface area contributed by atoms with Crippen LogP contribution in [0.4, 0.5) is 8.78 Å². The van der Waals surface area contributed by atoms with Gasteiger partial charge in [-0.2, -0.15) is 0 Å². The van der Waals surface area contributed by atoms with E-state index in [0.717, 1.165) is 13.8 Å². The molecule has 2 aromatic rings. The van der Waals surface area contributed by atoms with Crippen LogP contribution in [0.3, 0.4) is 0 Å². The molecule has 7 nitrogen and oxygen atoms in total. The highest BCUT2D eigenvalue weighted by Crippen LogP contribution is 2.22. The Morgan fingerprint density at radius 1 is 1.03 bits per heavy atom. The van der Waals surface area contributed by atoms with Crippen molar-refractivity contribution in [2.45, 2.75) is 50.9 Å². The summed E-state index contributed by atoms with van der Waals surface area (Å²) in [5, 5.41) is 12.1. The lowest BCUT2D eigenvalue weighted by molar-refractivity contribution is -0.138. The van der Waals surface area contributed by atoms with Gasteiger partial charge in [0.25, 0.3) is 12.3 Å². The maximum absolute atomic E-state index is 13.1. The van der Waals surface area contributed by atoms with Gasteiger partial charge in [-0.05, 0) is 75.2 Å². The molecule has 0 unspecified atom stereocenters. The number of alkyl halides is 2. The molecule has 0 saturated carbocycles. The van der Waals surface area contributed by atoms with Crippen molar-refractivity contribution in [3.63, 3.8) is 0 Å². The second-order valence-corrected chi connectivity index (χ2v) is 11.2. The molecule has 1 fully saturated rings. The van der Waals surface area contributed by atoms with Gasteiger partial charge in [0.1, 0.15) is 23.5 Å². The Bertz CT molecular complexity index is 1250. The number of carbonyl (C=O) groups excluding carboxylic acids is 2. The molecule has 0 aromatic heterocycles. The number of carbonyl (C=O) groups is 2. The minimum atomic E-state index is -3.23. The van der Waals surface area contributed by atoms with Crippen LogP contribution in [0.1, 0.15) is 48.2 Å². The fraction of sp³-hybridized carbons (Fsp3) is 0.385. The summed E-state index contributed by atoms with van der Waals surface area (Å²) in [7, 11) is -2.95. The van der Waals surface area contributed by atoms with Crippen LogP contribution in [0.2, 0.25) is 0 Å². The van der Waals surface area contributed by atoms with E-state index in [-0.39, 0.29) is 23.2 Å². The minimum absolute atomic E-state index is 0.119. The van der Waals surface area contributed by atoms with E-state index in [1.807, 2.05) is 0 Å². The first-order valence-electron chi connectivity index (χ1n) is 11.3. The summed E-state index contributed by atoms with van der Waals surface area (Å²) in [6, 6.07) is 11.4. The summed E-state index contributed by atoms with van der Waals surface area (Å²) in [5.41, 5.74) is -1.27. The quantitative estimate of drug-likeness (QED) is 0.545. The summed E-state index contributed by atoms with van der Waals surface area (Å²) < 4.78 is 55.1. The van der Waals surface area contributed by atoms with E-state index < -0.39 is 39.6 Å². The number of hydrogen-bond acceptors (Lipinski definition) is 6. The number of halogens is 2. The molecule has 0 aliphatic carbocycles. The lowest BCUT2D eigenvalue weighted by Gasteiger charge is -2.30. The molecule has 3 rings (SSSR count). The molecule has 2 atom stereocenters. The van der Waals surface area contributed by atoms with Crippen molar-refractivity contribution < 1.29 is 36.6 Å². The zero-order valence-corrected chi connectivity index (χ0v) is 20.6. The molecular weight excluding hydrogens is 492 g/mol. The minimum Gasteiger partial charge on any atom is -0.490 e. The van der Waals surface area contributed by atoms with Crippen LogP contribution in [0.5, 0.6) is 5.75 Å². The number of hydrogen-bond donors (Lipinski definition) is 2. The largest absolute Gasteiger partial charge is 0.490 e. The van der Waals surface area contributed by atoms with Gasteiger partial charge in [-0.25, -0.2) is 17.2 Å². The van der Waals surface area contributed by atoms with Crippen molar-refractivity contribution in [3.8, 4) is 17.6 Å². The Balaban J connectivity index is 1.60. The third kappa shape index (κ3) is 7.12. The van der Waals surface area contributed by atoms with Crippen LogP contribution in [0, 0.1) is 11.8 Å². The van der Waals surface area contributed by atoms with E-state index in [1.165, 1.54) is 12.1 Å². The van der Waals surface area contributed by atoms with E-state index in [9.17, 15) is 31.9 Å². The Hall–Kier alpha value is -3.29. The normalized spacial score (nSPS) is 17.8. The van der Waals surface area contributed by atoms with Crippen molar-refractivity contribution in [2.75, 3.05) is 11.5 Å². The van der Waals surface area contributed by atoms with Gasteiger partial charge in [0.15, 0.2) is 15.6 Å². The van der Waals surface area contributed by atoms with E-state index in [2.05, 4.69) is 17.2 Å². The summed E-state index contributed by atoms with van der Waals surface area (Å²) in [6.45, 7) is 1.81. The van der Waals surface area contributed by atoms with Crippen LogP contribution >= 0.6 is 0 Å². The van der Waals surface area contributed by atoms with Gasteiger partial charge in [-0.1, -0.05) is 11.8 Å². The highest BCUT2D eigenvalue weighted by molar-refractivity contribution is 7.91. The number of ether oxygens (including phenoxy) is 1. The maximum Gasteiger partial charge on any atom is 0.269 e. The summed E-state index contributed by atoms with van der Waals surface area (Å²) >= 11 is 0. The molecule has 36 heavy (non-hydrogen) atoms. The molecule has 1 saturated heterocycles. The number of sulfone groups is 1.